The highest BCUT2D eigenvalue weighted by Gasteiger charge is 2.23. The Morgan fingerprint density at radius 1 is 1.14 bits per heavy atom. The molecule has 3 aromatic rings. The highest BCUT2D eigenvalue weighted by atomic mass is 19.1. The van der Waals surface area contributed by atoms with Crippen LogP contribution in [0.3, 0.4) is 0 Å². The summed E-state index contributed by atoms with van der Waals surface area (Å²) in [7, 11) is 0. The molecule has 2 aromatic carbocycles. The second kappa shape index (κ2) is 12.6. The lowest BCUT2D eigenvalue weighted by Crippen LogP contribution is -2.38. The number of rotatable bonds is 11. The Bertz CT molecular complexity index is 1050. The normalized spacial score (nSPS) is 15.7. The van der Waals surface area contributed by atoms with Gasteiger partial charge in [-0.25, -0.2) is 14.1 Å². The van der Waals surface area contributed by atoms with Crippen LogP contribution in [0.25, 0.3) is 0 Å². The van der Waals surface area contributed by atoms with Gasteiger partial charge in [0.05, 0.1) is 12.1 Å². The predicted octanol–water partition coefficient (Wildman–Crippen LogP) is 3.93. The molecule has 1 aromatic heterocycles. The van der Waals surface area contributed by atoms with Crippen molar-refractivity contribution in [2.45, 2.75) is 44.7 Å². The van der Waals surface area contributed by atoms with E-state index in [-0.39, 0.29) is 24.4 Å². The number of hydrogen-bond acceptors (Lipinski definition) is 5. The van der Waals surface area contributed by atoms with Gasteiger partial charge in [-0.2, -0.15) is 5.10 Å². The Labute approximate surface area is 206 Å². The second-order valence-corrected chi connectivity index (χ2v) is 8.97. The molecule has 7 nitrogen and oxygen atoms in total. The number of benzene rings is 2. The van der Waals surface area contributed by atoms with Crippen molar-refractivity contribution in [2.24, 2.45) is 0 Å². The average molecular weight is 480 g/mol. The number of nitrogens with one attached hydrogen (secondary N) is 1. The maximum Gasteiger partial charge on any atom is 0.246 e. The Morgan fingerprint density at radius 3 is 2.60 bits per heavy atom. The van der Waals surface area contributed by atoms with Gasteiger partial charge in [0.2, 0.25) is 5.91 Å². The number of aromatic nitrogens is 3. The highest BCUT2D eigenvalue weighted by Crippen LogP contribution is 2.24. The summed E-state index contributed by atoms with van der Waals surface area (Å²) >= 11 is 0. The number of nitrogens with zero attached hydrogens (tertiary/aromatic N) is 4. The number of ether oxygens (including phenoxy) is 1. The van der Waals surface area contributed by atoms with E-state index in [2.05, 4.69) is 32.4 Å². The van der Waals surface area contributed by atoms with Crippen LogP contribution >= 0.6 is 0 Å². The minimum absolute atomic E-state index is 0.0359. The first kappa shape index (κ1) is 25.0. The molecule has 8 heteroatoms. The zero-order valence-corrected chi connectivity index (χ0v) is 20.3. The summed E-state index contributed by atoms with van der Waals surface area (Å²) in [6.45, 7) is 5.37. The highest BCUT2D eigenvalue weighted by molar-refractivity contribution is 5.77. The first-order chi connectivity index (χ1) is 17.1. The lowest BCUT2D eigenvalue weighted by molar-refractivity contribution is -0.126. The number of halogens is 1. The van der Waals surface area contributed by atoms with Crippen LogP contribution < -0.4 is 5.32 Å². The molecule has 1 aliphatic heterocycles. The Balaban J connectivity index is 1.26. The van der Waals surface area contributed by atoms with E-state index in [9.17, 15) is 9.18 Å². The van der Waals surface area contributed by atoms with E-state index in [4.69, 9.17) is 4.74 Å². The van der Waals surface area contributed by atoms with Crippen LogP contribution in [0.15, 0.2) is 60.9 Å². The van der Waals surface area contributed by atoms with Crippen LogP contribution in [0.5, 0.6) is 0 Å². The summed E-state index contributed by atoms with van der Waals surface area (Å²) in [6, 6.07) is 16.9. The summed E-state index contributed by atoms with van der Waals surface area (Å²) in [6.07, 6.45) is 5.27. The third-order valence-electron chi connectivity index (χ3n) is 6.47. The number of carbonyl (C=O) groups is 1. The van der Waals surface area contributed by atoms with Gasteiger partial charge in [-0.1, -0.05) is 42.5 Å². The van der Waals surface area contributed by atoms with Crippen molar-refractivity contribution < 1.29 is 13.9 Å². The van der Waals surface area contributed by atoms with Crippen molar-refractivity contribution >= 4 is 5.91 Å². The molecule has 1 N–H and O–H groups in total. The molecule has 1 aliphatic rings. The number of carbonyl (C=O) groups excluding carboxylic acids is 1. The van der Waals surface area contributed by atoms with E-state index in [0.29, 0.717) is 19.1 Å². The van der Waals surface area contributed by atoms with Crippen LogP contribution in [0.4, 0.5) is 4.39 Å². The van der Waals surface area contributed by atoms with Gasteiger partial charge in [-0.15, -0.1) is 0 Å². The quantitative estimate of drug-likeness (QED) is 0.451. The van der Waals surface area contributed by atoms with Gasteiger partial charge in [0, 0.05) is 32.7 Å². The predicted molar refractivity (Wildman–Crippen MR) is 132 cm³/mol. The van der Waals surface area contributed by atoms with Crippen LogP contribution in [-0.2, 0) is 16.0 Å². The SMILES string of the molecule is CCOCC(=O)N[C@@H](CCN1CCC(n2cnc(Cc3ccc(F)cc3)n2)CC1)c1ccccc1. The number of amides is 1. The first-order valence-electron chi connectivity index (χ1n) is 12.4. The van der Waals surface area contributed by atoms with Crippen molar-refractivity contribution in [2.75, 3.05) is 32.8 Å². The monoisotopic (exact) mass is 479 g/mol. The van der Waals surface area contributed by atoms with Gasteiger partial charge in [0.25, 0.3) is 0 Å². The second-order valence-electron chi connectivity index (χ2n) is 8.97. The molecular weight excluding hydrogens is 445 g/mol. The molecule has 0 spiro atoms. The summed E-state index contributed by atoms with van der Waals surface area (Å²) in [4.78, 5) is 19.2. The van der Waals surface area contributed by atoms with Crippen molar-refractivity contribution in [1.82, 2.24) is 25.0 Å². The van der Waals surface area contributed by atoms with E-state index in [1.54, 1.807) is 12.1 Å². The summed E-state index contributed by atoms with van der Waals surface area (Å²) in [5, 5.41) is 7.82. The molecule has 1 amide bonds. The van der Waals surface area contributed by atoms with Crippen molar-refractivity contribution in [3.63, 3.8) is 0 Å². The topological polar surface area (TPSA) is 72.3 Å². The largest absolute Gasteiger partial charge is 0.372 e. The standard InChI is InChI=1S/C27H34FN5O2/c1-2-35-19-27(34)30-25(22-6-4-3-5-7-22)14-17-32-15-12-24(13-16-32)33-20-29-26(31-33)18-21-8-10-23(28)11-9-21/h3-11,20,24-25H,2,12-19H2,1H3,(H,30,34)/t25-/m0/s1. The van der Waals surface area contributed by atoms with Gasteiger partial charge >= 0.3 is 0 Å². The zero-order valence-electron chi connectivity index (χ0n) is 20.3. The molecular formula is C27H34FN5O2. The molecule has 2 heterocycles. The molecule has 0 saturated carbocycles. The third kappa shape index (κ3) is 7.44. The number of piperidine rings is 1. The summed E-state index contributed by atoms with van der Waals surface area (Å²) in [5.41, 5.74) is 2.11. The fourth-order valence-electron chi connectivity index (χ4n) is 4.51. The van der Waals surface area contributed by atoms with Crippen LogP contribution in [0.1, 0.15) is 55.2 Å². The van der Waals surface area contributed by atoms with Crippen molar-refractivity contribution in [3.05, 3.63) is 83.7 Å². The molecule has 1 fully saturated rings. The minimum Gasteiger partial charge on any atom is -0.372 e. The smallest absolute Gasteiger partial charge is 0.246 e. The van der Waals surface area contributed by atoms with E-state index >= 15 is 0 Å². The van der Waals surface area contributed by atoms with E-state index in [0.717, 1.165) is 55.8 Å². The minimum atomic E-state index is -0.234. The van der Waals surface area contributed by atoms with Gasteiger partial charge in [-0.05, 0) is 49.4 Å². The van der Waals surface area contributed by atoms with Crippen LogP contribution in [0, 0.1) is 5.82 Å². The number of hydrogen-bond donors (Lipinski definition) is 1. The summed E-state index contributed by atoms with van der Waals surface area (Å²) < 4.78 is 20.4. The lowest BCUT2D eigenvalue weighted by Gasteiger charge is -2.33. The van der Waals surface area contributed by atoms with Gasteiger partial charge in [0.15, 0.2) is 5.82 Å². The maximum atomic E-state index is 13.1. The fraction of sp³-hybridized carbons (Fsp3) is 0.444. The Morgan fingerprint density at radius 2 is 1.89 bits per heavy atom. The van der Waals surface area contributed by atoms with Crippen LogP contribution in [0.2, 0.25) is 0 Å². The van der Waals surface area contributed by atoms with Crippen LogP contribution in [-0.4, -0.2) is 58.4 Å². The Hall–Kier alpha value is -3.10. The van der Waals surface area contributed by atoms with Gasteiger partial charge in [0.1, 0.15) is 18.8 Å². The molecule has 4 rings (SSSR count). The number of likely N-dealkylation sites (tertiary alicyclic amines) is 1. The van der Waals surface area contributed by atoms with Crippen molar-refractivity contribution in [1.29, 1.82) is 0 Å². The zero-order chi connectivity index (χ0) is 24.5. The fourth-order valence-corrected chi connectivity index (χ4v) is 4.51. The average Bonchev–Trinajstić information content (AvgIpc) is 3.36. The first-order valence-corrected chi connectivity index (χ1v) is 12.4. The van der Waals surface area contributed by atoms with Gasteiger partial charge < -0.3 is 15.0 Å². The molecule has 0 radical (unpaired) electrons. The van der Waals surface area contributed by atoms with E-state index in [1.807, 2.05) is 36.1 Å². The molecule has 0 aliphatic carbocycles. The Kier molecular flexibility index (Phi) is 8.97. The van der Waals surface area contributed by atoms with E-state index < -0.39 is 0 Å². The summed E-state index contributed by atoms with van der Waals surface area (Å²) in [5.74, 6) is 0.441. The van der Waals surface area contributed by atoms with E-state index in [1.165, 1.54) is 12.1 Å². The molecule has 0 bridgehead atoms. The van der Waals surface area contributed by atoms with Crippen molar-refractivity contribution in [3.8, 4) is 0 Å². The molecule has 1 atom stereocenters. The van der Waals surface area contributed by atoms with Gasteiger partial charge in [-0.3, -0.25) is 4.79 Å². The maximum absolute atomic E-state index is 13.1. The third-order valence-corrected chi connectivity index (χ3v) is 6.47. The molecule has 186 valence electrons. The molecule has 1 saturated heterocycles. The molecule has 0 unspecified atom stereocenters. The lowest BCUT2D eigenvalue weighted by atomic mass is 10.0. The molecule has 35 heavy (non-hydrogen) atoms.